The molecule has 0 fully saturated rings. The molecule has 1 aromatic heterocycles. The van der Waals surface area contributed by atoms with Crippen LogP contribution < -0.4 is 5.73 Å². The quantitative estimate of drug-likeness (QED) is 0.547. The monoisotopic (exact) mass is 371 g/mol. The molecule has 0 amide bonds. The van der Waals surface area contributed by atoms with E-state index in [1.165, 1.54) is 12.1 Å². The van der Waals surface area contributed by atoms with E-state index in [9.17, 15) is 9.18 Å². The minimum absolute atomic E-state index is 0.00233. The van der Waals surface area contributed by atoms with Crippen LogP contribution in [0.2, 0.25) is 5.02 Å². The van der Waals surface area contributed by atoms with Crippen LogP contribution in [-0.4, -0.2) is 15.6 Å². The fourth-order valence-electron chi connectivity index (χ4n) is 2.68. The summed E-state index contributed by atoms with van der Waals surface area (Å²) in [5.41, 5.74) is 8.21. The molecule has 0 atom stereocenters. The Kier molecular flexibility index (Phi) is 6.44. The van der Waals surface area contributed by atoms with Crippen LogP contribution in [0.4, 0.5) is 4.39 Å². The number of carbonyl (C=O) groups is 1. The Labute approximate surface area is 156 Å². The molecule has 0 saturated heterocycles. The summed E-state index contributed by atoms with van der Waals surface area (Å²) in [6.45, 7) is 6.28. The predicted octanol–water partition coefficient (Wildman–Crippen LogP) is 4.37. The second kappa shape index (κ2) is 8.56. The van der Waals surface area contributed by atoms with Crippen molar-refractivity contribution in [3.05, 3.63) is 89.3 Å². The predicted molar refractivity (Wildman–Crippen MR) is 103 cm³/mol. The fourth-order valence-corrected chi connectivity index (χ4v) is 2.85. The number of rotatable bonds is 4. The topological polar surface area (TPSA) is 60.9 Å². The Morgan fingerprint density at radius 3 is 2.58 bits per heavy atom. The molecule has 3 rings (SSSR count). The van der Waals surface area contributed by atoms with Crippen molar-refractivity contribution in [3.63, 3.8) is 0 Å². The molecule has 134 valence electrons. The first-order chi connectivity index (χ1) is 12.5. The zero-order valence-electron chi connectivity index (χ0n) is 14.4. The molecule has 0 bridgehead atoms. The smallest absolute Gasteiger partial charge is 0.196 e. The van der Waals surface area contributed by atoms with Crippen molar-refractivity contribution in [2.75, 3.05) is 0 Å². The van der Waals surface area contributed by atoms with Crippen molar-refractivity contribution in [1.82, 2.24) is 9.78 Å². The summed E-state index contributed by atoms with van der Waals surface area (Å²) in [7, 11) is 1.76. The molecule has 0 unspecified atom stereocenters. The number of benzene rings is 2. The van der Waals surface area contributed by atoms with E-state index in [1.54, 1.807) is 48.3 Å². The highest BCUT2D eigenvalue weighted by molar-refractivity contribution is 6.31. The first-order valence-corrected chi connectivity index (χ1v) is 8.20. The van der Waals surface area contributed by atoms with Crippen molar-refractivity contribution in [2.45, 2.75) is 6.54 Å². The van der Waals surface area contributed by atoms with Crippen LogP contribution >= 0.6 is 11.6 Å². The number of aryl methyl sites for hydroxylation is 1. The summed E-state index contributed by atoms with van der Waals surface area (Å²) in [5.74, 6) is -1.01. The van der Waals surface area contributed by atoms with Gasteiger partial charge in [-0.3, -0.25) is 9.48 Å². The second-order valence-corrected chi connectivity index (χ2v) is 5.78. The largest absolute Gasteiger partial charge is 0.326 e. The van der Waals surface area contributed by atoms with Crippen LogP contribution in [0.15, 0.2) is 61.8 Å². The number of ketones is 1. The van der Waals surface area contributed by atoms with Gasteiger partial charge in [0.1, 0.15) is 5.82 Å². The molecule has 3 aromatic rings. The van der Waals surface area contributed by atoms with E-state index in [0.29, 0.717) is 21.8 Å². The van der Waals surface area contributed by atoms with Gasteiger partial charge in [0.15, 0.2) is 5.78 Å². The third-order valence-electron chi connectivity index (χ3n) is 3.83. The van der Waals surface area contributed by atoms with Gasteiger partial charge in [-0.05, 0) is 24.3 Å². The van der Waals surface area contributed by atoms with Gasteiger partial charge in [0.25, 0.3) is 0 Å². The summed E-state index contributed by atoms with van der Waals surface area (Å²) in [6, 6.07) is 10.8. The molecular weight excluding hydrogens is 353 g/mol. The molecular formula is C20H19ClFN3O. The van der Waals surface area contributed by atoms with Crippen molar-refractivity contribution >= 4 is 17.4 Å². The van der Waals surface area contributed by atoms with Gasteiger partial charge in [-0.15, -0.1) is 13.2 Å². The summed E-state index contributed by atoms with van der Waals surface area (Å²) in [4.78, 5) is 12.9. The fraction of sp³-hybridized carbons (Fsp3) is 0.100. The van der Waals surface area contributed by atoms with E-state index >= 15 is 0 Å². The lowest BCUT2D eigenvalue weighted by molar-refractivity contribution is 0.103. The van der Waals surface area contributed by atoms with Crippen LogP contribution in [0.5, 0.6) is 0 Å². The molecule has 0 aliphatic rings. The first-order valence-electron chi connectivity index (χ1n) is 7.83. The average molecular weight is 372 g/mol. The SMILES string of the molecule is C=C.Cn1ncc(CN)c1-c1ccc(Cl)cc1C(=O)c1ccccc1F. The second-order valence-electron chi connectivity index (χ2n) is 5.35. The molecule has 6 heteroatoms. The van der Waals surface area contributed by atoms with Gasteiger partial charge in [0.2, 0.25) is 0 Å². The van der Waals surface area contributed by atoms with Crippen molar-refractivity contribution in [1.29, 1.82) is 0 Å². The average Bonchev–Trinajstić information content (AvgIpc) is 3.04. The van der Waals surface area contributed by atoms with Gasteiger partial charge in [0.05, 0.1) is 17.5 Å². The Bertz CT molecular complexity index is 937. The standard InChI is InChI=1S/C18H15ClFN3O.C2H4/c1-23-17(11(9-21)10-22-23)13-7-6-12(19)8-15(13)18(24)14-4-2-3-5-16(14)20;1-2/h2-8,10H,9,21H2,1H3;1-2H2. The Hall–Kier alpha value is -2.76. The molecule has 0 spiro atoms. The highest BCUT2D eigenvalue weighted by Gasteiger charge is 2.21. The van der Waals surface area contributed by atoms with Crippen molar-refractivity contribution < 1.29 is 9.18 Å². The molecule has 26 heavy (non-hydrogen) atoms. The summed E-state index contributed by atoms with van der Waals surface area (Å²) in [6.07, 6.45) is 1.65. The van der Waals surface area contributed by atoms with Gasteiger partial charge < -0.3 is 5.73 Å². The Morgan fingerprint density at radius 2 is 1.92 bits per heavy atom. The molecule has 0 aliphatic heterocycles. The van der Waals surface area contributed by atoms with E-state index in [-0.39, 0.29) is 12.1 Å². The number of halogens is 2. The molecule has 2 N–H and O–H groups in total. The lowest BCUT2D eigenvalue weighted by Crippen LogP contribution is -2.09. The van der Waals surface area contributed by atoms with E-state index in [4.69, 9.17) is 17.3 Å². The number of hydrogen-bond acceptors (Lipinski definition) is 3. The van der Waals surface area contributed by atoms with Gasteiger partial charge in [-0.2, -0.15) is 5.10 Å². The van der Waals surface area contributed by atoms with Gasteiger partial charge in [-0.1, -0.05) is 29.8 Å². The normalized spacial score (nSPS) is 10.2. The number of nitrogens with two attached hydrogens (primary N) is 1. The molecule has 0 aliphatic carbocycles. The first kappa shape index (κ1) is 19.6. The zero-order chi connectivity index (χ0) is 19.3. The summed E-state index contributed by atoms with van der Waals surface area (Å²) < 4.78 is 15.7. The van der Waals surface area contributed by atoms with Crippen LogP contribution in [0.1, 0.15) is 21.5 Å². The lowest BCUT2D eigenvalue weighted by Gasteiger charge is -2.12. The maximum atomic E-state index is 14.0. The van der Waals surface area contributed by atoms with Gasteiger partial charge in [0, 0.05) is 35.3 Å². The van der Waals surface area contributed by atoms with E-state index in [0.717, 1.165) is 5.56 Å². The number of hydrogen-bond donors (Lipinski definition) is 1. The van der Waals surface area contributed by atoms with Crippen LogP contribution in [0, 0.1) is 5.82 Å². The highest BCUT2D eigenvalue weighted by Crippen LogP contribution is 2.31. The Balaban J connectivity index is 0.00000117. The van der Waals surface area contributed by atoms with Crippen LogP contribution in [0.3, 0.4) is 0 Å². The maximum Gasteiger partial charge on any atom is 0.196 e. The van der Waals surface area contributed by atoms with Gasteiger partial charge in [-0.25, -0.2) is 4.39 Å². The third-order valence-corrected chi connectivity index (χ3v) is 4.07. The minimum atomic E-state index is -0.572. The van der Waals surface area contributed by atoms with Crippen LogP contribution in [0.25, 0.3) is 11.3 Å². The maximum absolute atomic E-state index is 14.0. The molecule has 2 aromatic carbocycles. The third kappa shape index (κ3) is 3.74. The van der Waals surface area contributed by atoms with E-state index in [2.05, 4.69) is 18.3 Å². The molecule has 4 nitrogen and oxygen atoms in total. The summed E-state index contributed by atoms with van der Waals surface area (Å²) in [5, 5.41) is 4.59. The highest BCUT2D eigenvalue weighted by atomic mass is 35.5. The van der Waals surface area contributed by atoms with E-state index < -0.39 is 11.6 Å². The molecule has 1 heterocycles. The van der Waals surface area contributed by atoms with E-state index in [1.807, 2.05) is 0 Å². The number of aromatic nitrogens is 2. The van der Waals surface area contributed by atoms with Crippen LogP contribution in [-0.2, 0) is 13.6 Å². The van der Waals surface area contributed by atoms with Crippen molar-refractivity contribution in [2.24, 2.45) is 12.8 Å². The van der Waals surface area contributed by atoms with Gasteiger partial charge >= 0.3 is 0 Å². The summed E-state index contributed by atoms with van der Waals surface area (Å²) >= 11 is 6.07. The Morgan fingerprint density at radius 1 is 1.23 bits per heavy atom. The van der Waals surface area contributed by atoms with Crippen molar-refractivity contribution in [3.8, 4) is 11.3 Å². The number of carbonyl (C=O) groups excluding carboxylic acids is 1. The molecule has 0 saturated carbocycles. The minimum Gasteiger partial charge on any atom is -0.326 e. The number of nitrogens with zero attached hydrogens (tertiary/aromatic N) is 2. The lowest BCUT2D eigenvalue weighted by atomic mass is 9.95. The zero-order valence-corrected chi connectivity index (χ0v) is 15.1. The molecule has 0 radical (unpaired) electrons.